The normalized spacial score (nSPS) is 10.6. The summed E-state index contributed by atoms with van der Waals surface area (Å²) in [6.45, 7) is 0.378. The number of fused-ring (bicyclic) bond motifs is 1. The van der Waals surface area contributed by atoms with E-state index in [1.165, 1.54) is 0 Å². The molecule has 0 fully saturated rings. The molecule has 2 aromatic heterocycles. The summed E-state index contributed by atoms with van der Waals surface area (Å²) in [5.74, 6) is 1.30. The van der Waals surface area contributed by atoms with Crippen molar-refractivity contribution >= 4 is 11.4 Å². The lowest BCUT2D eigenvalue weighted by Crippen LogP contribution is -2.22. The Morgan fingerprint density at radius 3 is 2.42 bits per heavy atom. The van der Waals surface area contributed by atoms with E-state index in [1.54, 1.807) is 28.8 Å². The molecule has 0 aliphatic heterocycles. The van der Waals surface area contributed by atoms with E-state index in [1.807, 2.05) is 60.8 Å². The Morgan fingerprint density at radius 1 is 0.923 bits per heavy atom. The maximum Gasteiger partial charge on any atom is 0.251 e. The minimum Gasteiger partial charge on any atom is -0.457 e. The molecule has 1 amide bonds. The minimum absolute atomic E-state index is 0.145. The van der Waals surface area contributed by atoms with Crippen LogP contribution in [0.5, 0.6) is 11.5 Å². The average molecular weight is 343 g/mol. The van der Waals surface area contributed by atoms with Crippen molar-refractivity contribution in [1.82, 2.24) is 14.9 Å². The van der Waals surface area contributed by atoms with Crippen molar-refractivity contribution in [2.24, 2.45) is 0 Å². The van der Waals surface area contributed by atoms with Crippen molar-refractivity contribution in [2.75, 3.05) is 0 Å². The second-order valence-electron chi connectivity index (χ2n) is 5.83. The standard InChI is InChI=1S/C21H17N3O2/c25-21(22-15-17-14-18-6-4-5-13-24(18)23-17)16-9-11-20(12-10-16)26-19-7-2-1-3-8-19/h1-14H,15H2,(H,22,25). The van der Waals surface area contributed by atoms with Gasteiger partial charge in [0.15, 0.2) is 0 Å². The number of hydrogen-bond donors (Lipinski definition) is 1. The molecule has 26 heavy (non-hydrogen) atoms. The number of para-hydroxylation sites is 1. The van der Waals surface area contributed by atoms with E-state index in [4.69, 9.17) is 4.74 Å². The summed E-state index contributed by atoms with van der Waals surface area (Å²) in [6.07, 6.45) is 1.88. The zero-order valence-electron chi connectivity index (χ0n) is 14.0. The zero-order valence-corrected chi connectivity index (χ0v) is 14.0. The number of amides is 1. The highest BCUT2D eigenvalue weighted by atomic mass is 16.5. The molecule has 0 spiro atoms. The van der Waals surface area contributed by atoms with Gasteiger partial charge in [-0.2, -0.15) is 5.10 Å². The van der Waals surface area contributed by atoms with Crippen LogP contribution in [0.3, 0.4) is 0 Å². The highest BCUT2D eigenvalue weighted by Gasteiger charge is 2.08. The van der Waals surface area contributed by atoms with E-state index >= 15 is 0 Å². The van der Waals surface area contributed by atoms with E-state index in [9.17, 15) is 4.79 Å². The van der Waals surface area contributed by atoms with Gasteiger partial charge in [-0.3, -0.25) is 4.79 Å². The van der Waals surface area contributed by atoms with Crippen molar-refractivity contribution in [3.05, 3.63) is 96.3 Å². The molecule has 4 rings (SSSR count). The van der Waals surface area contributed by atoms with Crippen molar-refractivity contribution < 1.29 is 9.53 Å². The number of carbonyl (C=O) groups excluding carboxylic acids is 1. The van der Waals surface area contributed by atoms with Crippen LogP contribution >= 0.6 is 0 Å². The lowest BCUT2D eigenvalue weighted by Gasteiger charge is -2.07. The fourth-order valence-electron chi connectivity index (χ4n) is 2.65. The van der Waals surface area contributed by atoms with Gasteiger partial charge in [-0.05, 0) is 54.6 Å². The molecular formula is C21H17N3O2. The average Bonchev–Trinajstić information content (AvgIpc) is 3.10. The molecule has 0 unspecified atom stereocenters. The first kappa shape index (κ1) is 15.9. The summed E-state index contributed by atoms with van der Waals surface area (Å²) in [5, 5.41) is 7.31. The van der Waals surface area contributed by atoms with E-state index in [-0.39, 0.29) is 5.91 Å². The predicted octanol–water partition coefficient (Wildman–Crippen LogP) is 4.06. The fourth-order valence-corrected chi connectivity index (χ4v) is 2.65. The number of hydrogen-bond acceptors (Lipinski definition) is 3. The summed E-state index contributed by atoms with van der Waals surface area (Å²) in [6, 6.07) is 24.4. The number of benzene rings is 2. The zero-order chi connectivity index (χ0) is 17.8. The van der Waals surface area contributed by atoms with Crippen LogP contribution in [0, 0.1) is 0 Å². The number of nitrogens with zero attached hydrogens (tertiary/aromatic N) is 2. The molecule has 0 saturated carbocycles. The Balaban J connectivity index is 1.38. The van der Waals surface area contributed by atoms with Crippen molar-refractivity contribution in [3.63, 3.8) is 0 Å². The topological polar surface area (TPSA) is 55.6 Å². The first-order valence-corrected chi connectivity index (χ1v) is 8.32. The summed E-state index contributed by atoms with van der Waals surface area (Å²) >= 11 is 0. The molecule has 5 nitrogen and oxygen atoms in total. The van der Waals surface area contributed by atoms with Crippen LogP contribution in [0.2, 0.25) is 0 Å². The smallest absolute Gasteiger partial charge is 0.251 e. The molecule has 0 aliphatic rings. The second-order valence-corrected chi connectivity index (χ2v) is 5.83. The van der Waals surface area contributed by atoms with Crippen LogP contribution in [0.15, 0.2) is 85.1 Å². The molecule has 0 atom stereocenters. The van der Waals surface area contributed by atoms with Crippen molar-refractivity contribution in [2.45, 2.75) is 6.54 Å². The molecule has 2 heterocycles. The van der Waals surface area contributed by atoms with Gasteiger partial charge in [0.05, 0.1) is 17.8 Å². The first-order valence-electron chi connectivity index (χ1n) is 8.32. The lowest BCUT2D eigenvalue weighted by molar-refractivity contribution is 0.0950. The fraction of sp³-hybridized carbons (Fsp3) is 0.0476. The number of aromatic nitrogens is 2. The maximum absolute atomic E-state index is 12.3. The van der Waals surface area contributed by atoms with Gasteiger partial charge in [-0.25, -0.2) is 4.52 Å². The van der Waals surface area contributed by atoms with Crippen molar-refractivity contribution in [3.8, 4) is 11.5 Å². The van der Waals surface area contributed by atoms with Gasteiger partial charge in [0, 0.05) is 11.8 Å². The third kappa shape index (κ3) is 3.57. The van der Waals surface area contributed by atoms with Gasteiger partial charge >= 0.3 is 0 Å². The van der Waals surface area contributed by atoms with Gasteiger partial charge in [0.1, 0.15) is 11.5 Å². The largest absolute Gasteiger partial charge is 0.457 e. The number of nitrogens with one attached hydrogen (secondary N) is 1. The highest BCUT2D eigenvalue weighted by molar-refractivity contribution is 5.94. The van der Waals surface area contributed by atoms with Crippen LogP contribution < -0.4 is 10.1 Å². The Hall–Kier alpha value is -3.60. The van der Waals surface area contributed by atoms with E-state index in [2.05, 4.69) is 10.4 Å². The van der Waals surface area contributed by atoms with Gasteiger partial charge in [0.25, 0.3) is 5.91 Å². The Labute approximate surface area is 150 Å². The number of rotatable bonds is 5. The molecule has 4 aromatic rings. The van der Waals surface area contributed by atoms with Crippen LogP contribution in [0.1, 0.15) is 16.1 Å². The second kappa shape index (κ2) is 7.11. The first-order chi connectivity index (χ1) is 12.8. The summed E-state index contributed by atoms with van der Waals surface area (Å²) < 4.78 is 7.52. The summed E-state index contributed by atoms with van der Waals surface area (Å²) in [4.78, 5) is 12.3. The molecule has 0 saturated heterocycles. The molecule has 1 N–H and O–H groups in total. The maximum atomic E-state index is 12.3. The Morgan fingerprint density at radius 2 is 1.65 bits per heavy atom. The number of ether oxygens (including phenoxy) is 1. The molecule has 2 aromatic carbocycles. The molecule has 0 aliphatic carbocycles. The lowest BCUT2D eigenvalue weighted by atomic mass is 10.2. The molecule has 0 bridgehead atoms. The van der Waals surface area contributed by atoms with E-state index < -0.39 is 0 Å². The third-order valence-electron chi connectivity index (χ3n) is 3.95. The van der Waals surface area contributed by atoms with Crippen LogP contribution in [0.4, 0.5) is 0 Å². The summed E-state index contributed by atoms with van der Waals surface area (Å²) in [7, 11) is 0. The SMILES string of the molecule is O=C(NCc1cc2ccccn2n1)c1ccc(Oc2ccccc2)cc1. The van der Waals surface area contributed by atoms with E-state index in [0.29, 0.717) is 17.9 Å². The summed E-state index contributed by atoms with van der Waals surface area (Å²) in [5.41, 5.74) is 2.39. The van der Waals surface area contributed by atoms with Gasteiger partial charge in [-0.1, -0.05) is 24.3 Å². The molecule has 128 valence electrons. The number of pyridine rings is 1. The van der Waals surface area contributed by atoms with Gasteiger partial charge < -0.3 is 10.1 Å². The van der Waals surface area contributed by atoms with Crippen LogP contribution in [-0.2, 0) is 6.54 Å². The van der Waals surface area contributed by atoms with E-state index in [0.717, 1.165) is 17.0 Å². The van der Waals surface area contributed by atoms with Crippen molar-refractivity contribution in [1.29, 1.82) is 0 Å². The van der Waals surface area contributed by atoms with Gasteiger partial charge in [-0.15, -0.1) is 0 Å². The predicted molar refractivity (Wildman–Crippen MR) is 99.3 cm³/mol. The Bertz CT molecular complexity index is 991. The molecule has 0 radical (unpaired) electrons. The quantitative estimate of drug-likeness (QED) is 0.595. The van der Waals surface area contributed by atoms with Crippen LogP contribution in [-0.4, -0.2) is 15.5 Å². The third-order valence-corrected chi connectivity index (χ3v) is 3.95. The van der Waals surface area contributed by atoms with Gasteiger partial charge in [0.2, 0.25) is 0 Å². The molecule has 5 heteroatoms. The number of carbonyl (C=O) groups is 1. The van der Waals surface area contributed by atoms with Crippen LogP contribution in [0.25, 0.3) is 5.52 Å². The minimum atomic E-state index is -0.145. The monoisotopic (exact) mass is 343 g/mol. The molecular weight excluding hydrogens is 326 g/mol. The Kier molecular flexibility index (Phi) is 4.35. The highest BCUT2D eigenvalue weighted by Crippen LogP contribution is 2.21.